The number of halogens is 1. The van der Waals surface area contributed by atoms with Gasteiger partial charge in [-0.2, -0.15) is 0 Å². The quantitative estimate of drug-likeness (QED) is 0.625. The number of rotatable bonds is 4. The molecule has 1 heterocycles. The highest BCUT2D eigenvalue weighted by molar-refractivity contribution is 6.29. The summed E-state index contributed by atoms with van der Waals surface area (Å²) in [5, 5.41) is 11.0. The van der Waals surface area contributed by atoms with Gasteiger partial charge in [-0.3, -0.25) is 4.79 Å². The zero-order valence-electron chi connectivity index (χ0n) is 8.61. The second kappa shape index (κ2) is 5.46. The summed E-state index contributed by atoms with van der Waals surface area (Å²) in [6.07, 6.45) is 0.322. The van der Waals surface area contributed by atoms with Gasteiger partial charge in [0.1, 0.15) is 5.15 Å². The van der Waals surface area contributed by atoms with Crippen LogP contribution >= 0.6 is 11.6 Å². The molecule has 86 valence electrons. The lowest BCUT2D eigenvalue weighted by molar-refractivity contribution is 0.0971. The van der Waals surface area contributed by atoms with E-state index >= 15 is 0 Å². The number of Topliss-reactive ketones (excluding diaryl/α,β-unsaturated/α-hetero) is 1. The Morgan fingerprint density at radius 1 is 1.56 bits per heavy atom. The number of hydrogen-bond donors (Lipinski definition) is 2. The smallest absolute Gasteiger partial charge is 0.404 e. The first-order valence-corrected chi connectivity index (χ1v) is 5.01. The maximum atomic E-state index is 11.6. The topological polar surface area (TPSA) is 79.3 Å². The van der Waals surface area contributed by atoms with E-state index in [-0.39, 0.29) is 12.2 Å². The number of hydrogen-bond acceptors (Lipinski definition) is 3. The molecule has 1 amide bonds. The van der Waals surface area contributed by atoms with Crippen molar-refractivity contribution in [2.45, 2.75) is 19.4 Å². The molecular formula is C10H11ClN2O3. The van der Waals surface area contributed by atoms with Crippen molar-refractivity contribution >= 4 is 23.5 Å². The van der Waals surface area contributed by atoms with Gasteiger partial charge in [0.05, 0.1) is 0 Å². The van der Waals surface area contributed by atoms with E-state index in [0.717, 1.165) is 0 Å². The molecule has 6 heteroatoms. The van der Waals surface area contributed by atoms with Gasteiger partial charge in [0.15, 0.2) is 5.78 Å². The Hall–Kier alpha value is -1.62. The Labute approximate surface area is 97.4 Å². The third kappa shape index (κ3) is 3.86. The minimum Gasteiger partial charge on any atom is -0.465 e. The monoisotopic (exact) mass is 242 g/mol. The highest BCUT2D eigenvalue weighted by Crippen LogP contribution is 2.08. The lowest BCUT2D eigenvalue weighted by atomic mass is 10.1. The van der Waals surface area contributed by atoms with Gasteiger partial charge < -0.3 is 10.4 Å². The van der Waals surface area contributed by atoms with Crippen LogP contribution in [0.5, 0.6) is 0 Å². The van der Waals surface area contributed by atoms with Crippen molar-refractivity contribution in [2.24, 2.45) is 0 Å². The van der Waals surface area contributed by atoms with E-state index in [1.165, 1.54) is 12.3 Å². The zero-order chi connectivity index (χ0) is 12.1. The number of amides is 1. The van der Waals surface area contributed by atoms with Gasteiger partial charge in [0.25, 0.3) is 0 Å². The Morgan fingerprint density at radius 3 is 2.75 bits per heavy atom. The zero-order valence-corrected chi connectivity index (χ0v) is 9.36. The van der Waals surface area contributed by atoms with Crippen LogP contribution in [0.1, 0.15) is 23.7 Å². The molecule has 0 radical (unpaired) electrons. The summed E-state index contributed by atoms with van der Waals surface area (Å²) in [5.74, 6) is -0.176. The standard InChI is InChI=1S/C10H11ClN2O3/c1-6(13-10(15)16)4-8(14)7-2-3-9(11)12-5-7/h2-3,5-6,13H,4H2,1H3,(H,15,16). The predicted octanol–water partition coefficient (Wildman–Crippen LogP) is 1.96. The van der Waals surface area contributed by atoms with E-state index in [1.54, 1.807) is 13.0 Å². The summed E-state index contributed by atoms with van der Waals surface area (Å²) in [5.41, 5.74) is 0.420. The molecule has 0 aliphatic rings. The van der Waals surface area contributed by atoms with Crippen molar-refractivity contribution in [3.63, 3.8) is 0 Å². The Balaban J connectivity index is 2.58. The highest BCUT2D eigenvalue weighted by Gasteiger charge is 2.13. The van der Waals surface area contributed by atoms with E-state index < -0.39 is 12.1 Å². The number of nitrogens with one attached hydrogen (secondary N) is 1. The second-order valence-electron chi connectivity index (χ2n) is 3.35. The normalized spacial score (nSPS) is 11.9. The predicted molar refractivity (Wildman–Crippen MR) is 58.8 cm³/mol. The second-order valence-corrected chi connectivity index (χ2v) is 3.73. The van der Waals surface area contributed by atoms with Crippen LogP contribution in [0.15, 0.2) is 18.3 Å². The molecule has 1 rings (SSSR count). The molecule has 2 N–H and O–H groups in total. The Kier molecular flexibility index (Phi) is 4.25. The molecule has 0 saturated carbocycles. The molecule has 0 saturated heterocycles. The van der Waals surface area contributed by atoms with Gasteiger partial charge in [-0.1, -0.05) is 11.6 Å². The minimum absolute atomic E-state index is 0.0929. The first kappa shape index (κ1) is 12.4. The summed E-state index contributed by atoms with van der Waals surface area (Å²) < 4.78 is 0. The van der Waals surface area contributed by atoms with Crippen molar-refractivity contribution in [1.29, 1.82) is 0 Å². The van der Waals surface area contributed by atoms with Crippen LogP contribution in [-0.4, -0.2) is 28.0 Å². The average Bonchev–Trinajstić information content (AvgIpc) is 2.16. The fraction of sp³-hybridized carbons (Fsp3) is 0.300. The summed E-state index contributed by atoms with van der Waals surface area (Å²) >= 11 is 5.58. The molecule has 16 heavy (non-hydrogen) atoms. The van der Waals surface area contributed by atoms with Gasteiger partial charge in [-0.15, -0.1) is 0 Å². The molecule has 1 aromatic rings. The van der Waals surface area contributed by atoms with Crippen molar-refractivity contribution in [3.8, 4) is 0 Å². The van der Waals surface area contributed by atoms with E-state index in [2.05, 4.69) is 10.3 Å². The lowest BCUT2D eigenvalue weighted by Gasteiger charge is -2.09. The van der Waals surface area contributed by atoms with Crippen molar-refractivity contribution < 1.29 is 14.7 Å². The van der Waals surface area contributed by atoms with Crippen LogP contribution in [-0.2, 0) is 0 Å². The largest absolute Gasteiger partial charge is 0.465 e. The summed E-state index contributed by atoms with van der Waals surface area (Å²) in [7, 11) is 0. The van der Waals surface area contributed by atoms with E-state index in [0.29, 0.717) is 10.7 Å². The molecule has 0 spiro atoms. The van der Waals surface area contributed by atoms with Crippen LogP contribution in [0.25, 0.3) is 0 Å². The molecule has 0 fully saturated rings. The third-order valence-corrected chi connectivity index (χ3v) is 2.13. The summed E-state index contributed by atoms with van der Waals surface area (Å²) in [6, 6.07) is 2.65. The molecule has 0 aliphatic heterocycles. The molecule has 0 bridgehead atoms. The van der Waals surface area contributed by atoms with Crippen molar-refractivity contribution in [2.75, 3.05) is 0 Å². The van der Waals surface area contributed by atoms with Gasteiger partial charge in [-0.05, 0) is 19.1 Å². The third-order valence-electron chi connectivity index (χ3n) is 1.91. The van der Waals surface area contributed by atoms with Crippen LogP contribution in [0.2, 0.25) is 5.15 Å². The maximum Gasteiger partial charge on any atom is 0.404 e. The molecule has 1 atom stereocenters. The van der Waals surface area contributed by atoms with E-state index in [9.17, 15) is 9.59 Å². The Morgan fingerprint density at radius 2 is 2.25 bits per heavy atom. The molecule has 1 unspecified atom stereocenters. The van der Waals surface area contributed by atoms with Gasteiger partial charge >= 0.3 is 6.09 Å². The van der Waals surface area contributed by atoms with Crippen LogP contribution in [0.4, 0.5) is 4.79 Å². The van der Waals surface area contributed by atoms with Crippen molar-refractivity contribution in [1.82, 2.24) is 10.3 Å². The van der Waals surface area contributed by atoms with Crippen LogP contribution in [0, 0.1) is 0 Å². The number of pyridine rings is 1. The average molecular weight is 243 g/mol. The first-order valence-electron chi connectivity index (χ1n) is 4.63. The molecule has 1 aromatic heterocycles. The maximum absolute atomic E-state index is 11.6. The van der Waals surface area contributed by atoms with Gasteiger partial charge in [0, 0.05) is 24.2 Å². The Bertz CT molecular complexity index is 392. The van der Waals surface area contributed by atoms with Gasteiger partial charge in [-0.25, -0.2) is 9.78 Å². The SMILES string of the molecule is CC(CC(=O)c1ccc(Cl)nc1)NC(=O)O. The van der Waals surface area contributed by atoms with Crippen LogP contribution in [0.3, 0.4) is 0 Å². The molecular weight excluding hydrogens is 232 g/mol. The fourth-order valence-electron chi connectivity index (χ4n) is 1.20. The fourth-order valence-corrected chi connectivity index (χ4v) is 1.31. The van der Waals surface area contributed by atoms with Crippen LogP contribution < -0.4 is 5.32 Å². The molecule has 5 nitrogen and oxygen atoms in total. The summed E-state index contributed by atoms with van der Waals surface area (Å²) in [6.45, 7) is 1.62. The number of carboxylic acid groups (broad SMARTS) is 1. The van der Waals surface area contributed by atoms with Crippen molar-refractivity contribution in [3.05, 3.63) is 29.0 Å². The van der Waals surface area contributed by atoms with E-state index in [4.69, 9.17) is 16.7 Å². The number of carbonyl (C=O) groups is 2. The highest BCUT2D eigenvalue weighted by atomic mass is 35.5. The minimum atomic E-state index is -1.14. The number of carbonyl (C=O) groups excluding carboxylic acids is 1. The molecule has 0 aliphatic carbocycles. The number of ketones is 1. The first-order chi connectivity index (χ1) is 7.49. The molecule has 0 aromatic carbocycles. The lowest BCUT2D eigenvalue weighted by Crippen LogP contribution is -2.32. The van der Waals surface area contributed by atoms with E-state index in [1.807, 2.05) is 0 Å². The van der Waals surface area contributed by atoms with Gasteiger partial charge in [0.2, 0.25) is 0 Å². The number of aromatic nitrogens is 1. The number of nitrogens with zero attached hydrogens (tertiary/aromatic N) is 1. The summed E-state index contributed by atoms with van der Waals surface area (Å²) in [4.78, 5) is 25.7.